The van der Waals surface area contributed by atoms with Gasteiger partial charge in [-0.3, -0.25) is 0 Å². The number of nitrogens with zero attached hydrogens (tertiary/aromatic N) is 1. The number of piperidine rings is 1. The van der Waals surface area contributed by atoms with Crippen molar-refractivity contribution in [3.63, 3.8) is 0 Å². The molecule has 2 N–H and O–H groups in total. The van der Waals surface area contributed by atoms with E-state index in [9.17, 15) is 0 Å². The monoisotopic (exact) mass is 378 g/mol. The summed E-state index contributed by atoms with van der Waals surface area (Å²) in [6.07, 6.45) is 5.65. The van der Waals surface area contributed by atoms with Crippen molar-refractivity contribution < 1.29 is 4.74 Å². The molecule has 0 atom stereocenters. The van der Waals surface area contributed by atoms with Crippen LogP contribution in [0.15, 0.2) is 12.1 Å². The van der Waals surface area contributed by atoms with Crippen LogP contribution in [0.4, 0.5) is 0 Å². The normalized spacial score (nSPS) is 19.4. The summed E-state index contributed by atoms with van der Waals surface area (Å²) in [5.74, 6) is 1.33. The summed E-state index contributed by atoms with van der Waals surface area (Å²) in [4.78, 5) is 2.46. The molecule has 3 nitrogen and oxygen atoms in total. The third-order valence-electron chi connectivity index (χ3n) is 4.57. The Kier molecular flexibility index (Phi) is 7.30. The van der Waals surface area contributed by atoms with E-state index in [0.717, 1.165) is 45.5 Å². The Morgan fingerprint density at radius 3 is 2.26 bits per heavy atom. The molecule has 6 heteroatoms. The van der Waals surface area contributed by atoms with Crippen LogP contribution in [0.2, 0.25) is 10.0 Å². The third kappa shape index (κ3) is 5.68. The third-order valence-corrected chi connectivity index (χ3v) is 5.13. The van der Waals surface area contributed by atoms with Crippen molar-refractivity contribution >= 4 is 35.6 Å². The van der Waals surface area contributed by atoms with E-state index in [1.54, 1.807) is 0 Å². The highest BCUT2D eigenvalue weighted by atomic mass is 35.5. The van der Waals surface area contributed by atoms with Crippen LogP contribution in [-0.4, -0.2) is 37.2 Å². The van der Waals surface area contributed by atoms with E-state index in [1.165, 1.54) is 18.4 Å². The minimum atomic E-state index is 0. The Labute approximate surface area is 154 Å². The molecule has 1 aliphatic heterocycles. The Morgan fingerprint density at radius 1 is 1.09 bits per heavy atom. The molecule has 23 heavy (non-hydrogen) atoms. The lowest BCUT2D eigenvalue weighted by Crippen LogP contribution is -2.40. The molecule has 1 saturated heterocycles. The Hall–Kier alpha value is -0.190. The first kappa shape index (κ1) is 19.1. The van der Waals surface area contributed by atoms with Crippen LogP contribution in [0.25, 0.3) is 0 Å². The van der Waals surface area contributed by atoms with E-state index in [0.29, 0.717) is 27.8 Å². The lowest BCUT2D eigenvalue weighted by atomic mass is 10.1. The van der Waals surface area contributed by atoms with E-state index in [2.05, 4.69) is 4.90 Å². The molecule has 2 fully saturated rings. The predicted octanol–water partition coefficient (Wildman–Crippen LogP) is 4.17. The van der Waals surface area contributed by atoms with Gasteiger partial charge in [-0.15, -0.1) is 12.4 Å². The predicted molar refractivity (Wildman–Crippen MR) is 99.3 cm³/mol. The van der Waals surface area contributed by atoms with Gasteiger partial charge < -0.3 is 15.4 Å². The standard InChI is InChI=1S/C17H24Cl2N2O.ClH/c18-15-9-13(3-6-21-7-4-14(20)5-8-21)10-16(19)17(15)22-11-12-1-2-12;/h9-10,12,14H,1-8,11,20H2;1H. The largest absolute Gasteiger partial charge is 0.490 e. The Balaban J connectivity index is 0.00000192. The fourth-order valence-electron chi connectivity index (χ4n) is 2.84. The smallest absolute Gasteiger partial charge is 0.156 e. The number of rotatable bonds is 6. The van der Waals surface area contributed by atoms with Gasteiger partial charge in [0.25, 0.3) is 0 Å². The first-order valence-electron chi connectivity index (χ1n) is 8.20. The quantitative estimate of drug-likeness (QED) is 0.806. The second-order valence-electron chi connectivity index (χ2n) is 6.57. The molecule has 1 aliphatic carbocycles. The maximum absolute atomic E-state index is 6.34. The van der Waals surface area contributed by atoms with Gasteiger partial charge in [-0.1, -0.05) is 23.2 Å². The van der Waals surface area contributed by atoms with E-state index in [4.69, 9.17) is 33.7 Å². The van der Waals surface area contributed by atoms with Crippen molar-refractivity contribution in [2.75, 3.05) is 26.2 Å². The van der Waals surface area contributed by atoms with Gasteiger partial charge in [0.2, 0.25) is 0 Å². The first-order valence-corrected chi connectivity index (χ1v) is 8.96. The minimum absolute atomic E-state index is 0. The lowest BCUT2D eigenvalue weighted by Gasteiger charge is -2.30. The van der Waals surface area contributed by atoms with Gasteiger partial charge in [-0.25, -0.2) is 0 Å². The molecule has 0 unspecified atom stereocenters. The maximum atomic E-state index is 6.34. The fraction of sp³-hybridized carbons (Fsp3) is 0.647. The zero-order valence-corrected chi connectivity index (χ0v) is 15.6. The highest BCUT2D eigenvalue weighted by molar-refractivity contribution is 6.37. The molecule has 0 bridgehead atoms. The van der Waals surface area contributed by atoms with Crippen LogP contribution in [-0.2, 0) is 6.42 Å². The van der Waals surface area contributed by atoms with Gasteiger partial charge in [-0.05, 0) is 68.8 Å². The fourth-order valence-corrected chi connectivity index (χ4v) is 3.49. The zero-order chi connectivity index (χ0) is 15.5. The van der Waals surface area contributed by atoms with Gasteiger partial charge in [-0.2, -0.15) is 0 Å². The van der Waals surface area contributed by atoms with Crippen molar-refractivity contribution in [1.29, 1.82) is 0 Å². The van der Waals surface area contributed by atoms with Crippen molar-refractivity contribution in [2.24, 2.45) is 11.7 Å². The van der Waals surface area contributed by atoms with Gasteiger partial charge in [0.05, 0.1) is 16.7 Å². The number of halogens is 3. The number of hydrogen-bond donors (Lipinski definition) is 1. The van der Waals surface area contributed by atoms with E-state index in [-0.39, 0.29) is 12.4 Å². The van der Waals surface area contributed by atoms with Gasteiger partial charge in [0, 0.05) is 12.6 Å². The first-order chi connectivity index (χ1) is 10.6. The Bertz CT molecular complexity index is 492. The van der Waals surface area contributed by atoms with Crippen molar-refractivity contribution in [1.82, 2.24) is 4.90 Å². The van der Waals surface area contributed by atoms with Crippen LogP contribution in [0.5, 0.6) is 5.75 Å². The van der Waals surface area contributed by atoms with E-state index in [1.807, 2.05) is 12.1 Å². The van der Waals surface area contributed by atoms with E-state index >= 15 is 0 Å². The number of hydrogen-bond acceptors (Lipinski definition) is 3. The molecule has 130 valence electrons. The average molecular weight is 380 g/mol. The molecular formula is C17H25Cl3N2O. The summed E-state index contributed by atoms with van der Waals surface area (Å²) in [5, 5.41) is 1.26. The summed E-state index contributed by atoms with van der Waals surface area (Å²) >= 11 is 12.7. The average Bonchev–Trinajstić information content (AvgIpc) is 3.30. The molecule has 0 amide bonds. The highest BCUT2D eigenvalue weighted by Crippen LogP contribution is 2.37. The van der Waals surface area contributed by atoms with Crippen LogP contribution in [0, 0.1) is 5.92 Å². The summed E-state index contributed by atoms with van der Waals surface area (Å²) < 4.78 is 5.76. The van der Waals surface area contributed by atoms with E-state index < -0.39 is 0 Å². The van der Waals surface area contributed by atoms with Gasteiger partial charge in [0.1, 0.15) is 0 Å². The Morgan fingerprint density at radius 2 is 1.70 bits per heavy atom. The summed E-state index contributed by atoms with van der Waals surface area (Å²) in [6, 6.07) is 4.36. The second kappa shape index (κ2) is 8.77. The number of likely N-dealkylation sites (tertiary alicyclic amines) is 1. The number of ether oxygens (including phenoxy) is 1. The summed E-state index contributed by atoms with van der Waals surface area (Å²) in [7, 11) is 0. The van der Waals surface area contributed by atoms with Crippen LogP contribution >= 0.6 is 35.6 Å². The molecule has 2 aliphatic rings. The molecule has 1 saturated carbocycles. The second-order valence-corrected chi connectivity index (χ2v) is 7.39. The molecule has 1 aromatic carbocycles. The van der Waals surface area contributed by atoms with Crippen LogP contribution in [0.3, 0.4) is 0 Å². The summed E-state index contributed by atoms with van der Waals surface area (Å²) in [6.45, 7) is 3.94. The molecule has 0 radical (unpaired) electrons. The zero-order valence-electron chi connectivity index (χ0n) is 13.3. The topological polar surface area (TPSA) is 38.5 Å². The molecular weight excluding hydrogens is 355 g/mol. The minimum Gasteiger partial charge on any atom is -0.490 e. The van der Waals surface area contributed by atoms with Crippen molar-refractivity contribution in [3.8, 4) is 5.75 Å². The molecule has 0 aromatic heterocycles. The molecule has 1 aromatic rings. The highest BCUT2D eigenvalue weighted by Gasteiger charge is 2.23. The SMILES string of the molecule is Cl.NC1CCN(CCc2cc(Cl)c(OCC3CC3)c(Cl)c2)CC1. The number of benzene rings is 1. The molecule has 3 rings (SSSR count). The van der Waals surface area contributed by atoms with Crippen molar-refractivity contribution in [3.05, 3.63) is 27.7 Å². The van der Waals surface area contributed by atoms with Crippen molar-refractivity contribution in [2.45, 2.75) is 38.1 Å². The van der Waals surface area contributed by atoms with Crippen LogP contribution in [0.1, 0.15) is 31.2 Å². The van der Waals surface area contributed by atoms with Gasteiger partial charge >= 0.3 is 0 Å². The van der Waals surface area contributed by atoms with Crippen LogP contribution < -0.4 is 10.5 Å². The summed E-state index contributed by atoms with van der Waals surface area (Å²) in [5.41, 5.74) is 7.11. The lowest BCUT2D eigenvalue weighted by molar-refractivity contribution is 0.215. The maximum Gasteiger partial charge on any atom is 0.156 e. The molecule has 0 spiro atoms. The number of nitrogens with two attached hydrogens (primary N) is 1. The molecule has 1 heterocycles. The van der Waals surface area contributed by atoms with Gasteiger partial charge in [0.15, 0.2) is 5.75 Å².